The molecule has 0 atom stereocenters. The molecule has 2 aromatic heterocycles. The smallest absolute Gasteiger partial charge is 0.262 e. The predicted molar refractivity (Wildman–Crippen MR) is 164 cm³/mol. The Morgan fingerprint density at radius 1 is 0.548 bits per heavy atom. The van der Waals surface area contributed by atoms with Crippen molar-refractivity contribution in [3.63, 3.8) is 0 Å². The lowest BCUT2D eigenvalue weighted by atomic mass is 10.2. The van der Waals surface area contributed by atoms with Gasteiger partial charge in [0, 0.05) is 24.6 Å². The average molecular weight is 599 g/mol. The Morgan fingerprint density at radius 3 is 1.36 bits per heavy atom. The second-order valence-electron chi connectivity index (χ2n) is 9.50. The zero-order chi connectivity index (χ0) is 29.1. The van der Waals surface area contributed by atoms with Crippen LogP contribution in [-0.2, 0) is 24.6 Å². The van der Waals surface area contributed by atoms with Gasteiger partial charge in [-0.2, -0.15) is 0 Å². The van der Waals surface area contributed by atoms with Crippen LogP contribution in [0.5, 0.6) is 0 Å². The summed E-state index contributed by atoms with van der Waals surface area (Å²) >= 11 is 2.52. The maximum atomic E-state index is 14.4. The number of fused-ring (bicyclic) bond motifs is 2. The van der Waals surface area contributed by atoms with Gasteiger partial charge in [-0.05, 0) is 47.5 Å². The van der Waals surface area contributed by atoms with Gasteiger partial charge in [-0.15, -0.1) is 0 Å². The first-order valence-corrected chi connectivity index (χ1v) is 15.2. The Kier molecular flexibility index (Phi) is 8.16. The van der Waals surface area contributed by atoms with E-state index in [4.69, 9.17) is 9.97 Å². The van der Waals surface area contributed by atoms with E-state index in [1.54, 1.807) is 72.8 Å². The highest BCUT2D eigenvalue weighted by Gasteiger charge is 2.16. The molecule has 0 aliphatic rings. The van der Waals surface area contributed by atoms with Crippen LogP contribution in [0.15, 0.2) is 117 Å². The van der Waals surface area contributed by atoms with Gasteiger partial charge in [0.2, 0.25) is 0 Å². The summed E-state index contributed by atoms with van der Waals surface area (Å²) in [7, 11) is 0. The zero-order valence-electron chi connectivity index (χ0n) is 22.2. The van der Waals surface area contributed by atoms with Crippen LogP contribution in [0.25, 0.3) is 21.8 Å². The molecular formula is C32H24F2N4O2S2. The van der Waals surface area contributed by atoms with Crippen LogP contribution in [0, 0.1) is 11.6 Å². The molecule has 4 aromatic carbocycles. The van der Waals surface area contributed by atoms with Crippen molar-refractivity contribution < 1.29 is 8.78 Å². The molecular weight excluding hydrogens is 575 g/mol. The molecule has 0 aliphatic heterocycles. The van der Waals surface area contributed by atoms with Crippen molar-refractivity contribution in [2.45, 2.75) is 34.9 Å². The first-order chi connectivity index (χ1) is 20.5. The minimum absolute atomic E-state index is 0.128. The predicted octanol–water partition coefficient (Wildman–Crippen LogP) is 6.67. The first-order valence-electron chi connectivity index (χ1n) is 13.2. The van der Waals surface area contributed by atoms with Crippen molar-refractivity contribution in [3.8, 4) is 0 Å². The van der Waals surface area contributed by atoms with Gasteiger partial charge in [0.1, 0.15) is 11.6 Å². The second kappa shape index (κ2) is 12.3. The van der Waals surface area contributed by atoms with E-state index in [1.807, 2.05) is 12.1 Å². The summed E-state index contributed by atoms with van der Waals surface area (Å²) in [6.45, 7) is 0.257. The Morgan fingerprint density at radius 2 is 0.929 bits per heavy atom. The van der Waals surface area contributed by atoms with Gasteiger partial charge in [-0.3, -0.25) is 18.7 Å². The van der Waals surface area contributed by atoms with Gasteiger partial charge in [0.25, 0.3) is 11.1 Å². The molecule has 0 radical (unpaired) electrons. The molecule has 0 fully saturated rings. The third-order valence-electron chi connectivity index (χ3n) is 6.83. The van der Waals surface area contributed by atoms with E-state index in [0.717, 1.165) is 0 Å². The fourth-order valence-electron chi connectivity index (χ4n) is 4.63. The fourth-order valence-corrected chi connectivity index (χ4v) is 6.65. The molecule has 6 aromatic rings. The summed E-state index contributed by atoms with van der Waals surface area (Å²) in [6.07, 6.45) is 0. The summed E-state index contributed by atoms with van der Waals surface area (Å²) < 4.78 is 31.8. The molecule has 0 bridgehead atoms. The zero-order valence-corrected chi connectivity index (χ0v) is 23.9. The highest BCUT2D eigenvalue weighted by Crippen LogP contribution is 2.26. The molecule has 0 N–H and O–H groups in total. The maximum absolute atomic E-state index is 14.4. The lowest BCUT2D eigenvalue weighted by Crippen LogP contribution is -2.30. The molecule has 0 saturated heterocycles. The van der Waals surface area contributed by atoms with E-state index in [-0.39, 0.29) is 47.3 Å². The molecule has 0 amide bonds. The SMILES string of the molecule is O=c1c2ccccc2nc(SCc2ccccc2F)n1CCn1c(SCc2ccccc2F)nc2ccccc2c1=O. The second-order valence-corrected chi connectivity index (χ2v) is 11.4. The van der Waals surface area contributed by atoms with E-state index in [2.05, 4.69) is 0 Å². The Bertz CT molecular complexity index is 1900. The van der Waals surface area contributed by atoms with Crippen molar-refractivity contribution in [1.82, 2.24) is 19.1 Å². The lowest BCUT2D eigenvalue weighted by molar-refractivity contribution is 0.486. The molecule has 210 valence electrons. The first kappa shape index (κ1) is 27.9. The van der Waals surface area contributed by atoms with Gasteiger partial charge >= 0.3 is 0 Å². The fraction of sp³-hybridized carbons (Fsp3) is 0.125. The van der Waals surface area contributed by atoms with Crippen molar-refractivity contribution in [1.29, 1.82) is 0 Å². The molecule has 0 aliphatic carbocycles. The monoisotopic (exact) mass is 598 g/mol. The Balaban J connectivity index is 1.37. The van der Waals surface area contributed by atoms with Gasteiger partial charge < -0.3 is 0 Å². The Labute approximate surface area is 248 Å². The van der Waals surface area contributed by atoms with E-state index >= 15 is 0 Å². The number of benzene rings is 4. The van der Waals surface area contributed by atoms with Crippen LogP contribution in [0.1, 0.15) is 11.1 Å². The van der Waals surface area contributed by atoms with Crippen molar-refractivity contribution in [2.24, 2.45) is 0 Å². The number of rotatable bonds is 9. The minimum atomic E-state index is -0.329. The quantitative estimate of drug-likeness (QED) is 0.137. The number of nitrogens with zero attached hydrogens (tertiary/aromatic N) is 4. The molecule has 0 unspecified atom stereocenters. The molecule has 2 heterocycles. The maximum Gasteiger partial charge on any atom is 0.262 e. The van der Waals surface area contributed by atoms with Crippen LogP contribution >= 0.6 is 23.5 Å². The number of aromatic nitrogens is 4. The number of para-hydroxylation sites is 2. The van der Waals surface area contributed by atoms with Crippen molar-refractivity contribution in [3.05, 3.63) is 141 Å². The standard InChI is InChI=1S/C32H24F2N4O2S2/c33-25-13-5-1-9-21(25)19-41-31-35-27-15-7-3-11-23(27)29(39)37(31)17-18-38-30(40)24-12-4-8-16-28(24)36-32(38)42-20-22-10-2-6-14-26(22)34/h1-16H,17-20H2. The highest BCUT2D eigenvalue weighted by atomic mass is 32.2. The molecule has 42 heavy (non-hydrogen) atoms. The molecule has 6 nitrogen and oxygen atoms in total. The normalized spacial score (nSPS) is 11.4. The summed E-state index contributed by atoms with van der Waals surface area (Å²) in [5, 5.41) is 1.74. The summed E-state index contributed by atoms with van der Waals surface area (Å²) in [5.41, 5.74) is 1.58. The summed E-state index contributed by atoms with van der Waals surface area (Å²) in [6, 6.07) is 27.1. The number of hydrogen-bond acceptors (Lipinski definition) is 6. The van der Waals surface area contributed by atoms with Crippen molar-refractivity contribution >= 4 is 45.3 Å². The van der Waals surface area contributed by atoms with E-state index in [9.17, 15) is 18.4 Å². The number of halogens is 2. The minimum Gasteiger partial charge on any atom is -0.285 e. The largest absolute Gasteiger partial charge is 0.285 e. The molecule has 0 saturated carbocycles. The third kappa shape index (κ3) is 5.73. The Hall–Kier alpha value is -4.28. The van der Waals surface area contributed by atoms with E-state index in [1.165, 1.54) is 44.8 Å². The van der Waals surface area contributed by atoms with Crippen molar-refractivity contribution in [2.75, 3.05) is 0 Å². The molecule has 6 rings (SSSR count). The molecule has 10 heteroatoms. The molecule has 0 spiro atoms. The third-order valence-corrected chi connectivity index (χ3v) is 8.88. The van der Waals surface area contributed by atoms with Crippen LogP contribution in [-0.4, -0.2) is 19.1 Å². The van der Waals surface area contributed by atoms with Gasteiger partial charge in [0.05, 0.1) is 21.8 Å². The lowest BCUT2D eigenvalue weighted by Gasteiger charge is -2.16. The van der Waals surface area contributed by atoms with E-state index in [0.29, 0.717) is 43.2 Å². The van der Waals surface area contributed by atoms with Gasteiger partial charge in [-0.25, -0.2) is 18.7 Å². The van der Waals surface area contributed by atoms with Crippen LogP contribution in [0.2, 0.25) is 0 Å². The van der Waals surface area contributed by atoms with E-state index < -0.39 is 0 Å². The highest BCUT2D eigenvalue weighted by molar-refractivity contribution is 7.98. The number of hydrogen-bond donors (Lipinski definition) is 0. The van der Waals surface area contributed by atoms with Crippen LogP contribution in [0.4, 0.5) is 8.78 Å². The van der Waals surface area contributed by atoms with Gasteiger partial charge in [-0.1, -0.05) is 84.2 Å². The van der Waals surface area contributed by atoms with Crippen LogP contribution < -0.4 is 11.1 Å². The topological polar surface area (TPSA) is 69.8 Å². The van der Waals surface area contributed by atoms with Gasteiger partial charge in [0.15, 0.2) is 10.3 Å². The summed E-state index contributed by atoms with van der Waals surface area (Å²) in [4.78, 5) is 36.8. The summed E-state index contributed by atoms with van der Waals surface area (Å²) in [5.74, 6) is -0.104. The average Bonchev–Trinajstić information content (AvgIpc) is 3.01. The van der Waals surface area contributed by atoms with Crippen LogP contribution in [0.3, 0.4) is 0 Å². The number of thioether (sulfide) groups is 2.